The average molecular weight is 116 g/mol. The summed E-state index contributed by atoms with van der Waals surface area (Å²) in [7, 11) is 0. The van der Waals surface area contributed by atoms with Crippen molar-refractivity contribution in [2.24, 2.45) is 0 Å². The Hall–Kier alpha value is -0.193. The molecule has 0 saturated heterocycles. The van der Waals surface area contributed by atoms with Gasteiger partial charge >= 0.3 is 64.0 Å². The van der Waals surface area contributed by atoms with Crippen LogP contribution in [0.15, 0.2) is 18.7 Å². The Balaban J connectivity index is 2.65. The van der Waals surface area contributed by atoms with E-state index in [0.717, 1.165) is 6.42 Å². The Kier molecular flexibility index (Phi) is 2.38. The van der Waals surface area contributed by atoms with Gasteiger partial charge in [0.15, 0.2) is 0 Å². The molecule has 1 rings (SSSR count). The molecule has 1 atom stereocenters. The molecule has 0 aromatic carbocycles. The summed E-state index contributed by atoms with van der Waals surface area (Å²) in [5.41, 5.74) is 0. The van der Waals surface area contributed by atoms with E-state index in [0.29, 0.717) is 4.71 Å². The van der Waals surface area contributed by atoms with Crippen molar-refractivity contribution in [3.8, 4) is 0 Å². The molecule has 3 heteroatoms. The molecule has 9 heavy (non-hydrogen) atoms. The van der Waals surface area contributed by atoms with Crippen LogP contribution in [0.25, 0.3) is 0 Å². The van der Waals surface area contributed by atoms with Crippen LogP contribution in [0, 0.1) is 0 Å². The molecule has 0 aliphatic heterocycles. The third kappa shape index (κ3) is 1.61. The van der Waals surface area contributed by atoms with Gasteiger partial charge < -0.3 is 0 Å². The van der Waals surface area contributed by atoms with Crippen molar-refractivity contribution >= 4 is 17.7 Å². The average Bonchev–Trinajstić information content (AvgIpc) is 2.37. The van der Waals surface area contributed by atoms with Gasteiger partial charge in [0, 0.05) is 0 Å². The van der Waals surface area contributed by atoms with E-state index in [9.17, 15) is 0 Å². The topological polar surface area (TPSA) is 17.8 Å². The predicted molar refractivity (Wildman–Crippen MR) is 37.3 cm³/mol. The predicted octanol–water partition coefficient (Wildman–Crippen LogP) is 0.960. The maximum atomic E-state index is 3.95. The molecule has 1 unspecified atom stereocenters. The van der Waals surface area contributed by atoms with Crippen molar-refractivity contribution in [1.82, 2.24) is 9.55 Å². The minimum absolute atomic E-state index is 0.590. The number of nitrogens with zero attached hydrogens (tertiary/aromatic N) is 2. The van der Waals surface area contributed by atoms with Crippen LogP contribution >= 0.6 is 0 Å². The summed E-state index contributed by atoms with van der Waals surface area (Å²) in [6.45, 7) is 2.17. The number of hydrogen-bond donors (Lipinski definition) is 0. The Morgan fingerprint density at radius 2 is 2.56 bits per heavy atom. The molecule has 1 aromatic heterocycles. The van der Waals surface area contributed by atoms with E-state index in [2.05, 4.69) is 34.2 Å². The normalized spacial score (nSPS) is 13.7. The van der Waals surface area contributed by atoms with Gasteiger partial charge in [-0.15, -0.1) is 0 Å². The summed E-state index contributed by atoms with van der Waals surface area (Å²) in [5.74, 6) is 0. The summed E-state index contributed by atoms with van der Waals surface area (Å²) in [5, 5.41) is 0. The fraction of sp³-hybridized carbons (Fsp3) is 0.500. The zero-order valence-corrected chi connectivity index (χ0v) is 5.91. The van der Waals surface area contributed by atoms with Crippen LogP contribution in [0.3, 0.4) is 0 Å². The number of imidazole rings is 1. The second-order valence-electron chi connectivity index (χ2n) is 2.27. The van der Waals surface area contributed by atoms with Gasteiger partial charge in [-0.1, -0.05) is 0 Å². The Labute approximate surface area is 64.5 Å². The van der Waals surface area contributed by atoms with Gasteiger partial charge in [-0.25, -0.2) is 0 Å². The van der Waals surface area contributed by atoms with Gasteiger partial charge in [0.05, 0.1) is 0 Å². The van der Waals surface area contributed by atoms with Crippen molar-refractivity contribution in [3.63, 3.8) is 0 Å². The summed E-state index contributed by atoms with van der Waals surface area (Å²) in [4.78, 5) is 3.95. The molecule has 1 heterocycles. The van der Waals surface area contributed by atoms with Crippen molar-refractivity contribution in [2.75, 3.05) is 0 Å². The number of rotatable bonds is 2. The second kappa shape index (κ2) is 3.10. The quantitative estimate of drug-likeness (QED) is 0.526. The van der Waals surface area contributed by atoms with Crippen LogP contribution in [0.1, 0.15) is 18.1 Å². The Morgan fingerprint density at radius 3 is 3.00 bits per heavy atom. The van der Waals surface area contributed by atoms with Crippen molar-refractivity contribution in [2.45, 2.75) is 18.1 Å². The summed E-state index contributed by atoms with van der Waals surface area (Å²) in [6, 6.07) is 0. The SMILES string of the molecule is [Li][CH](CC)n1ccnc1. The molecule has 2 nitrogen and oxygen atoms in total. The van der Waals surface area contributed by atoms with E-state index in [4.69, 9.17) is 0 Å². The monoisotopic (exact) mass is 116 g/mol. The van der Waals surface area contributed by atoms with Crippen molar-refractivity contribution < 1.29 is 0 Å². The van der Waals surface area contributed by atoms with Crippen molar-refractivity contribution in [1.29, 1.82) is 0 Å². The fourth-order valence-electron chi connectivity index (χ4n) is 0.741. The summed E-state index contributed by atoms with van der Waals surface area (Å²) in [6.07, 6.45) is 6.82. The van der Waals surface area contributed by atoms with E-state index >= 15 is 0 Å². The molecular formula is C6H9LiN2. The van der Waals surface area contributed by atoms with Crippen molar-refractivity contribution in [3.05, 3.63) is 18.7 Å². The van der Waals surface area contributed by atoms with E-state index in [-0.39, 0.29) is 0 Å². The zero-order chi connectivity index (χ0) is 6.69. The van der Waals surface area contributed by atoms with Gasteiger partial charge in [0.1, 0.15) is 0 Å². The summed E-state index contributed by atoms with van der Waals surface area (Å²) >= 11 is 2.18. The Morgan fingerprint density at radius 1 is 1.78 bits per heavy atom. The second-order valence-corrected chi connectivity index (χ2v) is 2.27. The molecule has 1 aromatic rings. The molecule has 0 fully saturated rings. The Bertz CT molecular complexity index is 160. The van der Waals surface area contributed by atoms with Crippen LogP contribution < -0.4 is 0 Å². The van der Waals surface area contributed by atoms with Gasteiger partial charge in [0.25, 0.3) is 0 Å². The third-order valence-corrected chi connectivity index (χ3v) is 1.62. The van der Waals surface area contributed by atoms with Gasteiger partial charge in [-0.3, -0.25) is 0 Å². The van der Waals surface area contributed by atoms with E-state index in [1.807, 2.05) is 18.7 Å². The van der Waals surface area contributed by atoms with Crippen LogP contribution in [-0.2, 0) is 0 Å². The minimum atomic E-state index is 0.590. The van der Waals surface area contributed by atoms with Crippen LogP contribution in [0.5, 0.6) is 0 Å². The molecule has 0 aliphatic rings. The fourth-order valence-corrected chi connectivity index (χ4v) is 0.741. The van der Waals surface area contributed by atoms with Gasteiger partial charge in [-0.05, 0) is 0 Å². The zero-order valence-electron chi connectivity index (χ0n) is 5.91. The molecule has 0 N–H and O–H groups in total. The van der Waals surface area contributed by atoms with Crippen LogP contribution in [-0.4, -0.2) is 27.3 Å². The first-order valence-corrected chi connectivity index (χ1v) is 3.32. The molecule has 0 spiro atoms. The molecular weight excluding hydrogens is 107 g/mol. The first kappa shape index (κ1) is 6.92. The molecule has 0 bridgehead atoms. The maximum absolute atomic E-state index is 3.95. The first-order chi connectivity index (χ1) is 4.34. The third-order valence-electron chi connectivity index (χ3n) is 1.62. The van der Waals surface area contributed by atoms with E-state index in [1.54, 1.807) is 0 Å². The van der Waals surface area contributed by atoms with Gasteiger partial charge in [0.2, 0.25) is 0 Å². The van der Waals surface area contributed by atoms with E-state index in [1.165, 1.54) is 0 Å². The van der Waals surface area contributed by atoms with Crippen LogP contribution in [0.2, 0.25) is 0 Å². The molecule has 0 amide bonds. The number of aromatic nitrogens is 2. The molecule has 0 radical (unpaired) electrons. The van der Waals surface area contributed by atoms with E-state index < -0.39 is 0 Å². The number of hydrogen-bond acceptors (Lipinski definition) is 1. The molecule has 0 saturated carbocycles. The first-order valence-electron chi connectivity index (χ1n) is 3.32. The molecule has 44 valence electrons. The summed E-state index contributed by atoms with van der Waals surface area (Å²) < 4.78 is 2.70. The molecule has 0 aliphatic carbocycles. The standard InChI is InChI=1S/C6H9N2.Li/c1-2-4-8-5-3-7-6-8;/h3-6H,2H2,1H3;. The van der Waals surface area contributed by atoms with Crippen LogP contribution in [0.4, 0.5) is 0 Å². The van der Waals surface area contributed by atoms with Gasteiger partial charge in [-0.2, -0.15) is 0 Å².